The van der Waals surface area contributed by atoms with Crippen molar-refractivity contribution in [3.8, 4) is 0 Å². The van der Waals surface area contributed by atoms with E-state index >= 15 is 0 Å². The van der Waals surface area contributed by atoms with Gasteiger partial charge in [-0.3, -0.25) is 4.98 Å². The molecule has 108 valence electrons. The Kier molecular flexibility index (Phi) is 4.96. The molecular formula is C14H17ClN2O2S. The molecule has 6 heteroatoms. The Balaban J connectivity index is 2.13. The van der Waals surface area contributed by atoms with Crippen LogP contribution >= 0.6 is 11.6 Å². The maximum atomic E-state index is 11.9. The van der Waals surface area contributed by atoms with Gasteiger partial charge in [-0.15, -0.1) is 11.6 Å². The van der Waals surface area contributed by atoms with Crippen LogP contribution in [0.3, 0.4) is 0 Å². The van der Waals surface area contributed by atoms with Crippen molar-refractivity contribution in [1.29, 1.82) is 0 Å². The number of alkyl halides is 1. The Hall–Kier alpha value is -1.17. The van der Waals surface area contributed by atoms with Gasteiger partial charge >= 0.3 is 0 Å². The lowest BCUT2D eigenvalue weighted by Crippen LogP contribution is -2.29. The van der Waals surface area contributed by atoms with E-state index in [9.17, 15) is 8.42 Å². The van der Waals surface area contributed by atoms with E-state index < -0.39 is 10.0 Å². The van der Waals surface area contributed by atoms with Gasteiger partial charge in [0.2, 0.25) is 10.0 Å². The normalized spacial score (nSPS) is 13.5. The maximum Gasteiger partial charge on any atom is 0.212 e. The Labute approximate surface area is 124 Å². The summed E-state index contributed by atoms with van der Waals surface area (Å²) in [4.78, 5) is 4.30. The van der Waals surface area contributed by atoms with E-state index in [-0.39, 0.29) is 18.2 Å². The van der Waals surface area contributed by atoms with Crippen molar-refractivity contribution in [3.63, 3.8) is 0 Å². The van der Waals surface area contributed by atoms with Crippen molar-refractivity contribution in [2.75, 3.05) is 11.6 Å². The summed E-state index contributed by atoms with van der Waals surface area (Å²) >= 11 is 5.65. The third kappa shape index (κ3) is 3.91. The molecule has 0 bridgehead atoms. The fourth-order valence-electron chi connectivity index (χ4n) is 1.98. The number of benzene rings is 1. The summed E-state index contributed by atoms with van der Waals surface area (Å²) in [5.41, 5.74) is 1.69. The van der Waals surface area contributed by atoms with Gasteiger partial charge in [0.15, 0.2) is 0 Å². The zero-order chi connectivity index (χ0) is 14.6. The minimum Gasteiger partial charge on any atom is -0.256 e. The second-order valence-electron chi connectivity index (χ2n) is 4.85. The number of hydrogen-bond donors (Lipinski definition) is 1. The van der Waals surface area contributed by atoms with E-state index in [0.29, 0.717) is 5.88 Å². The van der Waals surface area contributed by atoms with Crippen molar-refractivity contribution in [2.45, 2.75) is 13.5 Å². The standard InChI is InChI=1S/C14H17ClN2O2S/c1-11(8-15)10-20(18,19)17-9-13-5-2-4-12-6-3-7-16-14(12)13/h2-7,11,17H,8-10H2,1H3. The van der Waals surface area contributed by atoms with Crippen molar-refractivity contribution in [3.05, 3.63) is 42.1 Å². The number of nitrogens with one attached hydrogen (secondary N) is 1. The van der Waals surface area contributed by atoms with Gasteiger partial charge in [-0.2, -0.15) is 0 Å². The van der Waals surface area contributed by atoms with Gasteiger partial charge in [0, 0.05) is 24.0 Å². The van der Waals surface area contributed by atoms with E-state index in [0.717, 1.165) is 16.5 Å². The van der Waals surface area contributed by atoms with Crippen molar-refractivity contribution in [2.24, 2.45) is 5.92 Å². The Bertz CT molecular complexity index is 683. The summed E-state index contributed by atoms with van der Waals surface area (Å²) in [7, 11) is -3.32. The quantitative estimate of drug-likeness (QED) is 0.834. The van der Waals surface area contributed by atoms with Crippen molar-refractivity contribution >= 4 is 32.5 Å². The summed E-state index contributed by atoms with van der Waals surface area (Å²) in [6.07, 6.45) is 1.70. The number of para-hydroxylation sites is 1. The largest absolute Gasteiger partial charge is 0.256 e. The molecule has 0 aliphatic heterocycles. The topological polar surface area (TPSA) is 59.1 Å². The molecule has 0 saturated carbocycles. The van der Waals surface area contributed by atoms with Crippen LogP contribution in [0.1, 0.15) is 12.5 Å². The minimum atomic E-state index is -3.32. The number of fused-ring (bicyclic) bond motifs is 1. The molecule has 4 nitrogen and oxygen atoms in total. The zero-order valence-corrected chi connectivity index (χ0v) is 12.8. The number of sulfonamides is 1. The second-order valence-corrected chi connectivity index (χ2v) is 7.01. The number of hydrogen-bond acceptors (Lipinski definition) is 3. The molecule has 1 atom stereocenters. The lowest BCUT2D eigenvalue weighted by molar-refractivity contribution is 0.569. The highest BCUT2D eigenvalue weighted by atomic mass is 35.5. The van der Waals surface area contributed by atoms with Crippen LogP contribution in [-0.2, 0) is 16.6 Å². The summed E-state index contributed by atoms with van der Waals surface area (Å²) in [6.45, 7) is 2.05. The first-order valence-electron chi connectivity index (χ1n) is 6.38. The van der Waals surface area contributed by atoms with Gasteiger partial charge in [0.05, 0.1) is 11.3 Å². The van der Waals surface area contributed by atoms with Crippen molar-refractivity contribution < 1.29 is 8.42 Å². The third-order valence-corrected chi connectivity index (χ3v) is 5.09. The van der Waals surface area contributed by atoms with Crippen LogP contribution in [0.25, 0.3) is 10.9 Å². The molecular weight excluding hydrogens is 296 g/mol. The highest BCUT2D eigenvalue weighted by Gasteiger charge is 2.15. The molecule has 1 N–H and O–H groups in total. The Morgan fingerprint density at radius 3 is 2.80 bits per heavy atom. The molecule has 0 radical (unpaired) electrons. The molecule has 20 heavy (non-hydrogen) atoms. The van der Waals surface area contributed by atoms with Gasteiger partial charge < -0.3 is 0 Å². The number of aromatic nitrogens is 1. The third-order valence-electron chi connectivity index (χ3n) is 2.97. The predicted molar refractivity (Wildman–Crippen MR) is 82.3 cm³/mol. The highest BCUT2D eigenvalue weighted by Crippen LogP contribution is 2.16. The lowest BCUT2D eigenvalue weighted by atomic mass is 10.1. The van der Waals surface area contributed by atoms with Gasteiger partial charge in [0.1, 0.15) is 0 Å². The van der Waals surface area contributed by atoms with Gasteiger partial charge in [-0.05, 0) is 17.5 Å². The monoisotopic (exact) mass is 312 g/mol. The summed E-state index contributed by atoms with van der Waals surface area (Å²) < 4.78 is 26.4. The molecule has 0 spiro atoms. The van der Waals surface area contributed by atoms with Gasteiger partial charge in [-0.1, -0.05) is 31.2 Å². The van der Waals surface area contributed by atoms with Crippen LogP contribution in [0.15, 0.2) is 36.5 Å². The maximum absolute atomic E-state index is 11.9. The molecule has 1 aromatic carbocycles. The van der Waals surface area contributed by atoms with Crippen LogP contribution in [0.2, 0.25) is 0 Å². The molecule has 0 fully saturated rings. The first-order valence-corrected chi connectivity index (χ1v) is 8.56. The Morgan fingerprint density at radius 1 is 1.30 bits per heavy atom. The summed E-state index contributed by atoms with van der Waals surface area (Å²) in [5.74, 6) is 0.297. The molecule has 1 aromatic heterocycles. The number of halogens is 1. The molecule has 0 aliphatic carbocycles. The number of rotatable bonds is 6. The van der Waals surface area contributed by atoms with Crippen LogP contribution in [0.4, 0.5) is 0 Å². The molecule has 0 amide bonds. The van der Waals surface area contributed by atoms with Crippen LogP contribution in [-0.4, -0.2) is 25.0 Å². The second kappa shape index (κ2) is 6.52. The first kappa shape index (κ1) is 15.2. The molecule has 2 rings (SSSR count). The van der Waals surface area contributed by atoms with E-state index in [2.05, 4.69) is 9.71 Å². The van der Waals surface area contributed by atoms with E-state index in [1.165, 1.54) is 0 Å². The molecule has 2 aromatic rings. The average molecular weight is 313 g/mol. The summed E-state index contributed by atoms with van der Waals surface area (Å²) in [5, 5.41) is 0.998. The van der Waals surface area contributed by atoms with Crippen LogP contribution < -0.4 is 4.72 Å². The van der Waals surface area contributed by atoms with E-state index in [1.807, 2.05) is 37.3 Å². The highest BCUT2D eigenvalue weighted by molar-refractivity contribution is 7.89. The molecule has 0 saturated heterocycles. The smallest absolute Gasteiger partial charge is 0.212 e. The van der Waals surface area contributed by atoms with Crippen molar-refractivity contribution in [1.82, 2.24) is 9.71 Å². The minimum absolute atomic E-state index is 0.0364. The van der Waals surface area contributed by atoms with Gasteiger partial charge in [-0.25, -0.2) is 13.1 Å². The number of pyridine rings is 1. The van der Waals surface area contributed by atoms with Gasteiger partial charge in [0.25, 0.3) is 0 Å². The average Bonchev–Trinajstić information content (AvgIpc) is 2.44. The molecule has 0 aliphatic rings. The zero-order valence-electron chi connectivity index (χ0n) is 11.2. The molecule has 1 unspecified atom stereocenters. The SMILES string of the molecule is CC(CCl)CS(=O)(=O)NCc1cccc2cccnc12. The Morgan fingerprint density at radius 2 is 2.05 bits per heavy atom. The predicted octanol–water partition coefficient (Wildman–Crippen LogP) is 2.53. The lowest BCUT2D eigenvalue weighted by Gasteiger charge is -2.11. The first-order chi connectivity index (χ1) is 9.52. The number of nitrogens with zero attached hydrogens (tertiary/aromatic N) is 1. The fraction of sp³-hybridized carbons (Fsp3) is 0.357. The fourth-order valence-corrected chi connectivity index (χ4v) is 3.57. The molecule has 1 heterocycles. The van der Waals surface area contributed by atoms with Crippen LogP contribution in [0.5, 0.6) is 0 Å². The van der Waals surface area contributed by atoms with E-state index in [1.54, 1.807) is 6.20 Å². The van der Waals surface area contributed by atoms with E-state index in [4.69, 9.17) is 11.6 Å². The summed E-state index contributed by atoms with van der Waals surface area (Å²) in [6, 6.07) is 9.54. The van der Waals surface area contributed by atoms with Crippen LogP contribution in [0, 0.1) is 5.92 Å².